The maximum absolute atomic E-state index is 5.96. The van der Waals surface area contributed by atoms with Gasteiger partial charge in [0.1, 0.15) is 3.70 Å². The maximum atomic E-state index is 5.96. The Balaban J connectivity index is 2.92. The van der Waals surface area contributed by atoms with E-state index in [0.29, 0.717) is 5.02 Å². The topological polar surface area (TPSA) is 17.3 Å². The molecule has 0 aromatic carbocycles. The fourth-order valence-corrected chi connectivity index (χ4v) is 2.32. The predicted molar refractivity (Wildman–Crippen MR) is 60.6 cm³/mol. The lowest BCUT2D eigenvalue weighted by Gasteiger charge is -1.98. The lowest BCUT2D eigenvalue weighted by Crippen LogP contribution is -1.87. The van der Waals surface area contributed by atoms with Gasteiger partial charge < -0.3 is 0 Å². The number of pyridine rings is 1. The third-order valence-electron chi connectivity index (χ3n) is 1.48. The molecule has 0 radical (unpaired) electrons. The van der Waals surface area contributed by atoms with E-state index in [1.165, 1.54) is 0 Å². The van der Waals surface area contributed by atoms with E-state index in [9.17, 15) is 0 Å². The summed E-state index contributed by atoms with van der Waals surface area (Å²) in [5, 5.41) is 0.660. The second kappa shape index (κ2) is 3.16. The van der Waals surface area contributed by atoms with Crippen LogP contribution in [-0.2, 0) is 0 Å². The fourth-order valence-electron chi connectivity index (χ4n) is 0.986. The Kier molecular flexibility index (Phi) is 2.31. The van der Waals surface area contributed by atoms with E-state index < -0.39 is 0 Å². The van der Waals surface area contributed by atoms with Gasteiger partial charge in [0.15, 0.2) is 5.65 Å². The second-order valence-electron chi connectivity index (χ2n) is 2.28. The van der Waals surface area contributed by atoms with Crippen molar-refractivity contribution in [2.75, 3.05) is 0 Å². The summed E-state index contributed by atoms with van der Waals surface area (Å²) in [4.78, 5) is 4.16. The van der Waals surface area contributed by atoms with Crippen LogP contribution in [0.4, 0.5) is 0 Å². The standard InChI is InChI=1S/C7H3BrClIN2/c8-4-1-5(9)7-11-2-6(10)12(7)3-4/h1-3H. The van der Waals surface area contributed by atoms with Gasteiger partial charge >= 0.3 is 0 Å². The summed E-state index contributed by atoms with van der Waals surface area (Å²) in [5.41, 5.74) is 0.796. The van der Waals surface area contributed by atoms with Gasteiger partial charge in [0.25, 0.3) is 0 Å². The molecule has 2 nitrogen and oxygen atoms in total. The highest BCUT2D eigenvalue weighted by atomic mass is 127. The highest BCUT2D eigenvalue weighted by Gasteiger charge is 2.04. The molecule has 5 heteroatoms. The van der Waals surface area contributed by atoms with Crippen LogP contribution < -0.4 is 0 Å². The number of aromatic nitrogens is 2. The number of imidazole rings is 1. The van der Waals surface area contributed by atoms with E-state index in [1.807, 2.05) is 16.7 Å². The van der Waals surface area contributed by atoms with Crippen LogP contribution in [0.2, 0.25) is 5.02 Å². The zero-order valence-electron chi connectivity index (χ0n) is 5.76. The SMILES string of the molecule is Clc1cc(Br)cn2c(I)cnc12. The lowest BCUT2D eigenvalue weighted by molar-refractivity contribution is 1.14. The molecule has 2 heterocycles. The Morgan fingerprint density at radius 1 is 1.58 bits per heavy atom. The number of nitrogens with zero attached hydrogens (tertiary/aromatic N) is 2. The lowest BCUT2D eigenvalue weighted by atomic mass is 10.5. The van der Waals surface area contributed by atoms with Crippen LogP contribution in [0.3, 0.4) is 0 Å². The van der Waals surface area contributed by atoms with Crippen molar-refractivity contribution in [1.29, 1.82) is 0 Å². The molecule has 0 saturated heterocycles. The summed E-state index contributed by atoms with van der Waals surface area (Å²) in [5.74, 6) is 0. The number of hydrogen-bond donors (Lipinski definition) is 0. The third-order valence-corrected chi connectivity index (χ3v) is 2.99. The smallest absolute Gasteiger partial charge is 0.156 e. The summed E-state index contributed by atoms with van der Waals surface area (Å²) in [6, 6.07) is 1.83. The number of fused-ring (bicyclic) bond motifs is 1. The molecule has 0 unspecified atom stereocenters. The number of rotatable bonds is 0. The van der Waals surface area contributed by atoms with Gasteiger partial charge in [-0.25, -0.2) is 4.98 Å². The van der Waals surface area contributed by atoms with Crippen molar-refractivity contribution in [3.05, 3.63) is 31.7 Å². The molecule has 0 spiro atoms. The van der Waals surface area contributed by atoms with Crippen molar-refractivity contribution in [1.82, 2.24) is 9.38 Å². The molecular formula is C7H3BrClIN2. The van der Waals surface area contributed by atoms with Gasteiger partial charge in [-0.3, -0.25) is 4.40 Å². The molecule has 0 aliphatic rings. The maximum Gasteiger partial charge on any atom is 0.156 e. The number of hydrogen-bond acceptors (Lipinski definition) is 1. The van der Waals surface area contributed by atoms with Gasteiger partial charge in [-0.15, -0.1) is 0 Å². The summed E-state index contributed by atoms with van der Waals surface area (Å²) >= 11 is 11.5. The highest BCUT2D eigenvalue weighted by Crippen LogP contribution is 2.22. The van der Waals surface area contributed by atoms with Crippen molar-refractivity contribution in [2.45, 2.75) is 0 Å². The molecule has 0 N–H and O–H groups in total. The molecular weight excluding hydrogens is 354 g/mol. The molecule has 0 saturated carbocycles. The first-order valence-corrected chi connectivity index (χ1v) is 5.41. The first kappa shape index (κ1) is 8.77. The number of halogens is 3. The molecule has 12 heavy (non-hydrogen) atoms. The van der Waals surface area contributed by atoms with Gasteiger partial charge in [-0.05, 0) is 44.6 Å². The summed E-state index contributed by atoms with van der Waals surface area (Å²) in [6.45, 7) is 0. The second-order valence-corrected chi connectivity index (χ2v) is 4.71. The zero-order chi connectivity index (χ0) is 8.72. The largest absolute Gasteiger partial charge is 0.293 e. The van der Waals surface area contributed by atoms with E-state index in [2.05, 4.69) is 43.5 Å². The van der Waals surface area contributed by atoms with Gasteiger partial charge in [0, 0.05) is 10.7 Å². The first-order valence-electron chi connectivity index (χ1n) is 3.16. The first-order chi connectivity index (χ1) is 5.68. The predicted octanol–water partition coefficient (Wildman–Crippen LogP) is 3.35. The van der Waals surface area contributed by atoms with Crippen LogP contribution in [0.1, 0.15) is 0 Å². The van der Waals surface area contributed by atoms with Crippen LogP contribution in [-0.4, -0.2) is 9.38 Å². The van der Waals surface area contributed by atoms with Crippen LogP contribution in [0.5, 0.6) is 0 Å². The van der Waals surface area contributed by atoms with E-state index in [-0.39, 0.29) is 0 Å². The quantitative estimate of drug-likeness (QED) is 0.661. The monoisotopic (exact) mass is 356 g/mol. The Hall–Kier alpha value is 0.190. The van der Waals surface area contributed by atoms with Gasteiger partial charge in [0.2, 0.25) is 0 Å². The summed E-state index contributed by atoms with van der Waals surface area (Å²) in [7, 11) is 0. The fraction of sp³-hybridized carbons (Fsp3) is 0. The molecule has 0 amide bonds. The van der Waals surface area contributed by atoms with Crippen molar-refractivity contribution < 1.29 is 0 Å². The average Bonchev–Trinajstić information content (AvgIpc) is 2.33. The van der Waals surface area contributed by atoms with Crippen LogP contribution in [0, 0.1) is 3.70 Å². The van der Waals surface area contributed by atoms with Crippen LogP contribution >= 0.6 is 50.1 Å². The van der Waals surface area contributed by atoms with Crippen molar-refractivity contribution in [3.8, 4) is 0 Å². The molecule has 62 valence electrons. The van der Waals surface area contributed by atoms with Crippen molar-refractivity contribution >= 4 is 55.8 Å². The minimum atomic E-state index is 0.660. The Labute approximate surface area is 96.2 Å². The highest BCUT2D eigenvalue weighted by molar-refractivity contribution is 14.1. The van der Waals surface area contributed by atoms with E-state index in [4.69, 9.17) is 11.6 Å². The molecule has 0 atom stereocenters. The third kappa shape index (κ3) is 1.36. The average molecular weight is 357 g/mol. The molecule has 0 fully saturated rings. The summed E-state index contributed by atoms with van der Waals surface area (Å²) < 4.78 is 3.94. The van der Waals surface area contributed by atoms with E-state index in [1.54, 1.807) is 6.20 Å². The zero-order valence-corrected chi connectivity index (χ0v) is 10.3. The van der Waals surface area contributed by atoms with E-state index in [0.717, 1.165) is 13.8 Å². The minimum Gasteiger partial charge on any atom is -0.293 e. The van der Waals surface area contributed by atoms with Crippen molar-refractivity contribution in [2.24, 2.45) is 0 Å². The normalized spacial score (nSPS) is 10.9. The molecule has 0 aliphatic carbocycles. The van der Waals surface area contributed by atoms with Crippen LogP contribution in [0.15, 0.2) is 22.9 Å². The molecule has 2 aromatic heterocycles. The Morgan fingerprint density at radius 2 is 2.33 bits per heavy atom. The van der Waals surface area contributed by atoms with Gasteiger partial charge in [0.05, 0.1) is 11.2 Å². The minimum absolute atomic E-state index is 0.660. The molecule has 2 aromatic rings. The van der Waals surface area contributed by atoms with Gasteiger partial charge in [-0.2, -0.15) is 0 Å². The van der Waals surface area contributed by atoms with Gasteiger partial charge in [-0.1, -0.05) is 11.6 Å². The van der Waals surface area contributed by atoms with Crippen molar-refractivity contribution in [3.63, 3.8) is 0 Å². The molecule has 0 bridgehead atoms. The molecule has 2 rings (SSSR count). The summed E-state index contributed by atoms with van der Waals surface area (Å²) in [6.07, 6.45) is 3.73. The Morgan fingerprint density at radius 3 is 3.08 bits per heavy atom. The van der Waals surface area contributed by atoms with Crippen LogP contribution in [0.25, 0.3) is 5.65 Å². The van der Waals surface area contributed by atoms with E-state index >= 15 is 0 Å². The Bertz CT molecular complexity index is 440. The molecule has 0 aliphatic heterocycles.